The lowest BCUT2D eigenvalue weighted by Crippen LogP contribution is -2.48. The number of imide groups is 1. The summed E-state index contributed by atoms with van der Waals surface area (Å²) in [6, 6.07) is 9.86. The molecule has 1 aliphatic heterocycles. The third-order valence-electron chi connectivity index (χ3n) is 4.10. The topological polar surface area (TPSA) is 46.6 Å². The van der Waals surface area contributed by atoms with Gasteiger partial charge in [-0.25, -0.2) is 9.69 Å². The van der Waals surface area contributed by atoms with Gasteiger partial charge in [-0.3, -0.25) is 4.79 Å². The maximum absolute atomic E-state index is 12.7. The first kappa shape index (κ1) is 17.5. The van der Waals surface area contributed by atoms with Crippen LogP contribution in [0.5, 0.6) is 0 Å². The van der Waals surface area contributed by atoms with Crippen molar-refractivity contribution in [3.8, 4) is 0 Å². The standard InChI is InChI=1S/C19H27NO3/c1-14-9-8-12-16(13-15-10-6-5-7-11-15)20(17(14)21)18(22)23-19(2,3)4/h5-7,10-11,14,16H,8-9,12-13H2,1-4H3/t14?,16-/m1/s1. The Bertz CT molecular complexity index is 547. The van der Waals surface area contributed by atoms with Crippen LogP contribution in [0.1, 0.15) is 52.5 Å². The van der Waals surface area contributed by atoms with Crippen molar-refractivity contribution in [3.63, 3.8) is 0 Å². The predicted molar refractivity (Wildman–Crippen MR) is 90.0 cm³/mol. The molecule has 0 bridgehead atoms. The SMILES string of the molecule is CC1CCC[C@H](Cc2ccccc2)N(C(=O)OC(C)(C)C)C1=O. The number of benzene rings is 1. The van der Waals surface area contributed by atoms with Crippen LogP contribution < -0.4 is 0 Å². The first-order valence-corrected chi connectivity index (χ1v) is 8.38. The fourth-order valence-electron chi connectivity index (χ4n) is 2.96. The molecule has 2 rings (SSSR count). The molecular weight excluding hydrogens is 290 g/mol. The summed E-state index contributed by atoms with van der Waals surface area (Å²) in [4.78, 5) is 26.7. The third kappa shape index (κ3) is 4.81. The molecule has 1 aromatic rings. The summed E-state index contributed by atoms with van der Waals surface area (Å²) in [7, 11) is 0. The average Bonchev–Trinajstić information content (AvgIpc) is 2.58. The van der Waals surface area contributed by atoms with E-state index in [1.807, 2.05) is 58.0 Å². The molecule has 2 atom stereocenters. The molecule has 0 radical (unpaired) electrons. The summed E-state index contributed by atoms with van der Waals surface area (Å²) in [6.45, 7) is 7.36. The van der Waals surface area contributed by atoms with Crippen LogP contribution in [-0.4, -0.2) is 28.5 Å². The molecule has 23 heavy (non-hydrogen) atoms. The Labute approximate surface area is 138 Å². The van der Waals surface area contributed by atoms with E-state index in [1.165, 1.54) is 4.90 Å². The van der Waals surface area contributed by atoms with E-state index in [0.29, 0.717) is 6.42 Å². The molecular formula is C19H27NO3. The van der Waals surface area contributed by atoms with Crippen LogP contribution in [-0.2, 0) is 16.0 Å². The van der Waals surface area contributed by atoms with Crippen molar-refractivity contribution in [1.29, 1.82) is 0 Å². The molecule has 2 amide bonds. The van der Waals surface area contributed by atoms with Gasteiger partial charge in [-0.1, -0.05) is 43.7 Å². The molecule has 1 heterocycles. The summed E-state index contributed by atoms with van der Waals surface area (Å²) >= 11 is 0. The maximum Gasteiger partial charge on any atom is 0.417 e. The number of ether oxygens (including phenoxy) is 1. The van der Waals surface area contributed by atoms with Crippen molar-refractivity contribution in [1.82, 2.24) is 4.90 Å². The smallest absolute Gasteiger partial charge is 0.417 e. The van der Waals surface area contributed by atoms with E-state index in [0.717, 1.165) is 24.8 Å². The van der Waals surface area contributed by atoms with Crippen LogP contribution in [0.3, 0.4) is 0 Å². The number of nitrogens with zero attached hydrogens (tertiary/aromatic N) is 1. The summed E-state index contributed by atoms with van der Waals surface area (Å²) < 4.78 is 5.49. The second-order valence-corrected chi connectivity index (χ2v) is 7.36. The van der Waals surface area contributed by atoms with E-state index < -0.39 is 11.7 Å². The molecule has 126 valence electrons. The number of carbonyl (C=O) groups is 2. The first-order chi connectivity index (χ1) is 10.8. The molecule has 0 N–H and O–H groups in total. The molecule has 1 aliphatic rings. The van der Waals surface area contributed by atoms with Crippen molar-refractivity contribution in [2.45, 2.75) is 65.0 Å². The van der Waals surface area contributed by atoms with Crippen molar-refractivity contribution < 1.29 is 14.3 Å². The van der Waals surface area contributed by atoms with Crippen LogP contribution in [0.25, 0.3) is 0 Å². The van der Waals surface area contributed by atoms with Crippen LogP contribution in [0.4, 0.5) is 4.79 Å². The molecule has 0 saturated carbocycles. The summed E-state index contributed by atoms with van der Waals surface area (Å²) in [5, 5.41) is 0. The second-order valence-electron chi connectivity index (χ2n) is 7.36. The molecule has 1 aromatic carbocycles. The molecule has 1 fully saturated rings. The minimum Gasteiger partial charge on any atom is -0.443 e. The number of amides is 2. The van der Waals surface area contributed by atoms with E-state index in [2.05, 4.69) is 0 Å². The minimum absolute atomic E-state index is 0.113. The average molecular weight is 317 g/mol. The summed E-state index contributed by atoms with van der Waals surface area (Å²) in [5.41, 5.74) is 0.526. The monoisotopic (exact) mass is 317 g/mol. The van der Waals surface area contributed by atoms with Gasteiger partial charge in [0.05, 0.1) is 0 Å². The molecule has 4 nitrogen and oxygen atoms in total. The quantitative estimate of drug-likeness (QED) is 0.822. The number of likely N-dealkylation sites (tertiary alicyclic amines) is 1. The van der Waals surface area contributed by atoms with E-state index >= 15 is 0 Å². The summed E-state index contributed by atoms with van der Waals surface area (Å²) in [5.74, 6) is -0.249. The van der Waals surface area contributed by atoms with Gasteiger partial charge in [0.1, 0.15) is 5.60 Å². The van der Waals surface area contributed by atoms with Gasteiger partial charge in [-0.05, 0) is 45.6 Å². The Balaban J connectivity index is 2.24. The number of hydrogen-bond acceptors (Lipinski definition) is 3. The van der Waals surface area contributed by atoms with Crippen molar-refractivity contribution >= 4 is 12.0 Å². The van der Waals surface area contributed by atoms with Gasteiger partial charge < -0.3 is 4.74 Å². The zero-order chi connectivity index (χ0) is 17.0. The van der Waals surface area contributed by atoms with Crippen LogP contribution >= 0.6 is 0 Å². The maximum atomic E-state index is 12.7. The highest BCUT2D eigenvalue weighted by Gasteiger charge is 2.37. The highest BCUT2D eigenvalue weighted by molar-refractivity contribution is 5.93. The van der Waals surface area contributed by atoms with Gasteiger partial charge in [-0.15, -0.1) is 0 Å². The fraction of sp³-hybridized carbons (Fsp3) is 0.579. The number of hydrogen-bond donors (Lipinski definition) is 0. The highest BCUT2D eigenvalue weighted by atomic mass is 16.6. The highest BCUT2D eigenvalue weighted by Crippen LogP contribution is 2.26. The third-order valence-corrected chi connectivity index (χ3v) is 4.10. The Hall–Kier alpha value is -1.84. The number of carbonyl (C=O) groups excluding carboxylic acids is 2. The van der Waals surface area contributed by atoms with E-state index in [9.17, 15) is 9.59 Å². The Morgan fingerprint density at radius 3 is 2.48 bits per heavy atom. The van der Waals surface area contributed by atoms with Crippen molar-refractivity contribution in [2.75, 3.05) is 0 Å². The lowest BCUT2D eigenvalue weighted by Gasteiger charge is -2.31. The lowest BCUT2D eigenvalue weighted by molar-refractivity contribution is -0.135. The van der Waals surface area contributed by atoms with Gasteiger partial charge in [0.2, 0.25) is 5.91 Å². The normalized spacial score (nSPS) is 22.6. The van der Waals surface area contributed by atoms with E-state index in [1.54, 1.807) is 0 Å². The molecule has 1 saturated heterocycles. The molecule has 0 aromatic heterocycles. The Kier molecular flexibility index (Phi) is 5.45. The first-order valence-electron chi connectivity index (χ1n) is 8.38. The number of rotatable bonds is 2. The van der Waals surface area contributed by atoms with Gasteiger partial charge in [-0.2, -0.15) is 0 Å². The van der Waals surface area contributed by atoms with Crippen molar-refractivity contribution in [3.05, 3.63) is 35.9 Å². The summed E-state index contributed by atoms with van der Waals surface area (Å²) in [6.07, 6.45) is 2.76. The van der Waals surface area contributed by atoms with Gasteiger partial charge in [0.25, 0.3) is 0 Å². The molecule has 1 unspecified atom stereocenters. The van der Waals surface area contributed by atoms with Gasteiger partial charge in [0.15, 0.2) is 0 Å². The van der Waals surface area contributed by atoms with Gasteiger partial charge >= 0.3 is 6.09 Å². The zero-order valence-electron chi connectivity index (χ0n) is 14.5. The predicted octanol–water partition coefficient (Wildman–Crippen LogP) is 4.18. The Morgan fingerprint density at radius 1 is 1.22 bits per heavy atom. The molecule has 0 aliphatic carbocycles. The van der Waals surface area contributed by atoms with E-state index in [4.69, 9.17) is 4.74 Å². The Morgan fingerprint density at radius 2 is 1.87 bits per heavy atom. The van der Waals surface area contributed by atoms with Crippen molar-refractivity contribution in [2.24, 2.45) is 5.92 Å². The van der Waals surface area contributed by atoms with Gasteiger partial charge in [0, 0.05) is 12.0 Å². The largest absolute Gasteiger partial charge is 0.443 e. The fourth-order valence-corrected chi connectivity index (χ4v) is 2.96. The van der Waals surface area contributed by atoms with E-state index in [-0.39, 0.29) is 17.9 Å². The second kappa shape index (κ2) is 7.16. The van der Waals surface area contributed by atoms with Crippen LogP contribution in [0.15, 0.2) is 30.3 Å². The minimum atomic E-state index is -0.607. The zero-order valence-corrected chi connectivity index (χ0v) is 14.5. The lowest BCUT2D eigenvalue weighted by atomic mass is 10.0. The molecule has 4 heteroatoms. The van der Waals surface area contributed by atoms with Crippen LogP contribution in [0, 0.1) is 5.92 Å². The molecule has 0 spiro atoms. The van der Waals surface area contributed by atoms with Crippen LogP contribution in [0.2, 0.25) is 0 Å².